The van der Waals surface area contributed by atoms with Crippen LogP contribution in [0.15, 0.2) is 24.3 Å². The Morgan fingerprint density at radius 1 is 1.27 bits per heavy atom. The first-order chi connectivity index (χ1) is 12.7. The molecule has 7 heteroatoms. The largest absolute Gasteiger partial charge is 0.494 e. The summed E-state index contributed by atoms with van der Waals surface area (Å²) in [7, 11) is 1.76. The molecule has 7 nitrogen and oxygen atoms in total. The third-order valence-electron chi connectivity index (χ3n) is 4.49. The molecule has 0 bridgehead atoms. The van der Waals surface area contributed by atoms with Crippen molar-refractivity contribution in [3.63, 3.8) is 0 Å². The first-order valence-corrected chi connectivity index (χ1v) is 9.24. The van der Waals surface area contributed by atoms with Crippen molar-refractivity contribution in [2.45, 2.75) is 32.2 Å². The zero-order valence-corrected chi connectivity index (χ0v) is 15.3. The van der Waals surface area contributed by atoms with E-state index in [0.29, 0.717) is 19.1 Å². The van der Waals surface area contributed by atoms with Crippen molar-refractivity contribution in [1.82, 2.24) is 19.7 Å². The molecule has 0 saturated carbocycles. The molecular formula is C19H26N6O. The van der Waals surface area contributed by atoms with Gasteiger partial charge in [-0.05, 0) is 50.0 Å². The second kappa shape index (κ2) is 9.20. The molecule has 1 fully saturated rings. The smallest absolute Gasteiger partial charge is 0.253 e. The second-order valence-corrected chi connectivity index (χ2v) is 6.61. The predicted molar refractivity (Wildman–Crippen MR) is 99.9 cm³/mol. The molecule has 0 unspecified atom stereocenters. The zero-order valence-electron chi connectivity index (χ0n) is 15.3. The van der Waals surface area contributed by atoms with Crippen LogP contribution in [-0.4, -0.2) is 45.9 Å². The monoisotopic (exact) mass is 354 g/mol. The Bertz CT molecular complexity index is 745. The number of piperidine rings is 1. The Hall–Kier alpha value is -2.59. The van der Waals surface area contributed by atoms with Crippen molar-refractivity contribution >= 4 is 5.95 Å². The van der Waals surface area contributed by atoms with Crippen molar-refractivity contribution in [2.75, 3.05) is 31.6 Å². The molecule has 1 aliphatic rings. The minimum Gasteiger partial charge on any atom is -0.494 e. The Morgan fingerprint density at radius 2 is 2.12 bits per heavy atom. The van der Waals surface area contributed by atoms with Crippen LogP contribution in [-0.2, 0) is 13.6 Å². The van der Waals surface area contributed by atoms with Crippen LogP contribution in [0, 0.1) is 11.3 Å². The van der Waals surface area contributed by atoms with E-state index in [-0.39, 0.29) is 5.82 Å². The molecule has 2 aromatic rings. The topological polar surface area (TPSA) is 79.0 Å². The number of nitriles is 1. The molecule has 1 aromatic carbocycles. The van der Waals surface area contributed by atoms with Crippen LogP contribution in [0.3, 0.4) is 0 Å². The molecule has 0 aliphatic carbocycles. The molecule has 0 spiro atoms. The summed E-state index contributed by atoms with van der Waals surface area (Å²) in [6.45, 7) is 4.75. The number of rotatable bonds is 8. The van der Waals surface area contributed by atoms with Crippen molar-refractivity contribution in [3.8, 4) is 11.8 Å². The molecule has 0 radical (unpaired) electrons. The van der Waals surface area contributed by atoms with Crippen LogP contribution in [0.2, 0.25) is 0 Å². The van der Waals surface area contributed by atoms with Crippen LogP contribution in [0.1, 0.15) is 37.1 Å². The number of hydrogen-bond acceptors (Lipinski definition) is 6. The van der Waals surface area contributed by atoms with Gasteiger partial charge in [0.25, 0.3) is 5.82 Å². The normalized spacial score (nSPS) is 14.8. The van der Waals surface area contributed by atoms with E-state index in [4.69, 9.17) is 10.00 Å². The fourth-order valence-corrected chi connectivity index (χ4v) is 3.16. The van der Waals surface area contributed by atoms with Crippen LogP contribution in [0.4, 0.5) is 5.95 Å². The Kier molecular flexibility index (Phi) is 6.45. The standard InChI is InChI=1S/C19H26N6O/c1-24-19(22-18(14-20)23-24)21-9-6-12-26-17-8-5-7-16(13-17)15-25-10-3-2-4-11-25/h5,7-8,13H,2-4,6,9-12,15H2,1H3,(H,21,22,23). The summed E-state index contributed by atoms with van der Waals surface area (Å²) in [5, 5.41) is 15.9. The van der Waals surface area contributed by atoms with Crippen LogP contribution in [0.5, 0.6) is 5.75 Å². The third-order valence-corrected chi connectivity index (χ3v) is 4.49. The van der Waals surface area contributed by atoms with E-state index < -0.39 is 0 Å². The number of anilines is 1. The van der Waals surface area contributed by atoms with Gasteiger partial charge in [-0.15, -0.1) is 5.10 Å². The molecular weight excluding hydrogens is 328 g/mol. The van der Waals surface area contributed by atoms with Gasteiger partial charge in [-0.1, -0.05) is 18.6 Å². The van der Waals surface area contributed by atoms with E-state index >= 15 is 0 Å². The summed E-state index contributed by atoms with van der Waals surface area (Å²) in [6, 6.07) is 10.3. The molecule has 0 amide bonds. The van der Waals surface area contributed by atoms with Gasteiger partial charge < -0.3 is 10.1 Å². The van der Waals surface area contributed by atoms with Gasteiger partial charge >= 0.3 is 0 Å². The van der Waals surface area contributed by atoms with Crippen molar-refractivity contribution in [2.24, 2.45) is 7.05 Å². The number of nitrogens with one attached hydrogen (secondary N) is 1. The summed E-state index contributed by atoms with van der Waals surface area (Å²) in [6.07, 6.45) is 4.82. The fraction of sp³-hybridized carbons (Fsp3) is 0.526. The van der Waals surface area contributed by atoms with Gasteiger partial charge in [-0.25, -0.2) is 4.68 Å². The molecule has 26 heavy (non-hydrogen) atoms. The molecule has 1 N–H and O–H groups in total. The highest BCUT2D eigenvalue weighted by atomic mass is 16.5. The Morgan fingerprint density at radius 3 is 2.88 bits per heavy atom. The highest BCUT2D eigenvalue weighted by Gasteiger charge is 2.10. The molecule has 0 atom stereocenters. The summed E-state index contributed by atoms with van der Waals surface area (Å²) < 4.78 is 7.45. The number of aryl methyl sites for hydroxylation is 1. The van der Waals surface area contributed by atoms with Crippen LogP contribution in [0.25, 0.3) is 0 Å². The van der Waals surface area contributed by atoms with E-state index in [1.54, 1.807) is 11.7 Å². The highest BCUT2D eigenvalue weighted by molar-refractivity contribution is 5.29. The van der Waals surface area contributed by atoms with Gasteiger partial charge in [0.15, 0.2) is 0 Å². The molecule has 2 heterocycles. The number of aromatic nitrogens is 3. The number of ether oxygens (including phenoxy) is 1. The predicted octanol–water partition coefficient (Wildman–Crippen LogP) is 2.55. The number of nitrogens with zero attached hydrogens (tertiary/aromatic N) is 5. The minimum absolute atomic E-state index is 0.178. The summed E-state index contributed by atoms with van der Waals surface area (Å²) >= 11 is 0. The summed E-state index contributed by atoms with van der Waals surface area (Å²) in [5.41, 5.74) is 1.31. The number of likely N-dealkylation sites (tertiary alicyclic amines) is 1. The Balaban J connectivity index is 1.39. The number of hydrogen-bond donors (Lipinski definition) is 1. The summed E-state index contributed by atoms with van der Waals surface area (Å²) in [4.78, 5) is 6.60. The second-order valence-electron chi connectivity index (χ2n) is 6.61. The van der Waals surface area contributed by atoms with E-state index in [0.717, 1.165) is 18.7 Å². The zero-order chi connectivity index (χ0) is 18.2. The van der Waals surface area contributed by atoms with Crippen LogP contribution >= 0.6 is 0 Å². The number of benzene rings is 1. The van der Waals surface area contributed by atoms with Gasteiger partial charge in [0.05, 0.1) is 6.61 Å². The SMILES string of the molecule is Cn1nc(C#N)nc1NCCCOc1cccc(CN2CCCCC2)c1. The fourth-order valence-electron chi connectivity index (χ4n) is 3.16. The quantitative estimate of drug-likeness (QED) is 0.734. The van der Waals surface area contributed by atoms with Crippen molar-refractivity contribution in [1.29, 1.82) is 5.26 Å². The summed E-state index contributed by atoms with van der Waals surface area (Å²) in [5.74, 6) is 1.70. The van der Waals surface area contributed by atoms with E-state index in [2.05, 4.69) is 38.5 Å². The van der Waals surface area contributed by atoms with Gasteiger partial charge in [0, 0.05) is 20.1 Å². The molecule has 1 saturated heterocycles. The van der Waals surface area contributed by atoms with E-state index in [1.165, 1.54) is 37.9 Å². The average molecular weight is 354 g/mol. The Labute approximate surface area is 154 Å². The van der Waals surface area contributed by atoms with Gasteiger partial charge in [0.1, 0.15) is 11.8 Å². The maximum absolute atomic E-state index is 8.80. The maximum atomic E-state index is 8.80. The van der Waals surface area contributed by atoms with Gasteiger partial charge in [-0.2, -0.15) is 10.2 Å². The highest BCUT2D eigenvalue weighted by Crippen LogP contribution is 2.17. The van der Waals surface area contributed by atoms with E-state index in [1.807, 2.05) is 12.1 Å². The lowest BCUT2D eigenvalue weighted by Crippen LogP contribution is -2.29. The van der Waals surface area contributed by atoms with Gasteiger partial charge in [0.2, 0.25) is 5.95 Å². The van der Waals surface area contributed by atoms with Gasteiger partial charge in [-0.3, -0.25) is 4.90 Å². The van der Waals surface area contributed by atoms with E-state index in [9.17, 15) is 0 Å². The molecule has 3 rings (SSSR count). The maximum Gasteiger partial charge on any atom is 0.253 e. The van der Waals surface area contributed by atoms with Crippen LogP contribution < -0.4 is 10.1 Å². The average Bonchev–Trinajstić information content (AvgIpc) is 3.03. The lowest BCUT2D eigenvalue weighted by atomic mass is 10.1. The first-order valence-electron chi connectivity index (χ1n) is 9.24. The molecule has 1 aromatic heterocycles. The third kappa shape index (κ3) is 5.20. The van der Waals surface area contributed by atoms with Crippen molar-refractivity contribution in [3.05, 3.63) is 35.7 Å². The molecule has 138 valence electrons. The lowest BCUT2D eigenvalue weighted by molar-refractivity contribution is 0.220. The molecule has 1 aliphatic heterocycles. The lowest BCUT2D eigenvalue weighted by Gasteiger charge is -2.26. The minimum atomic E-state index is 0.178. The first kappa shape index (κ1) is 18.2. The van der Waals surface area contributed by atoms with Crippen molar-refractivity contribution < 1.29 is 4.74 Å².